The van der Waals surface area contributed by atoms with Gasteiger partial charge in [0.05, 0.1) is 7.05 Å². The van der Waals surface area contributed by atoms with Crippen molar-refractivity contribution in [3.05, 3.63) is 35.9 Å². The molecule has 0 bridgehead atoms. The molecule has 0 spiro atoms. The number of Topliss-reactive ketones (excluding diaryl/α,β-unsaturated/α-hetero) is 1. The molecule has 88 valence electrons. The number of halogens is 1. The first-order valence-corrected chi connectivity index (χ1v) is 5.69. The lowest BCUT2D eigenvalue weighted by atomic mass is 9.76. The molecule has 2 rings (SSSR count). The van der Waals surface area contributed by atoms with Crippen LogP contribution in [0.25, 0.3) is 0 Å². The maximum absolute atomic E-state index is 12.1. The second-order valence-electron chi connectivity index (χ2n) is 4.26. The molecular weight excluding hydrogens is 222 g/mol. The monoisotopic (exact) mass is 239 g/mol. The molecule has 0 heterocycles. The standard InChI is InChI=1S/C13H17NO.ClH/c1-14-13(10-6-5-9-12(13)15)11-7-3-2-4-8-11;/h2-4,7-8,14H,5-6,9-10H2,1H3;1H/t13-;/m1./s1. The maximum Gasteiger partial charge on any atom is 0.197 e. The fraction of sp³-hybridized carbons (Fsp3) is 0.462. The number of nitrogens with two attached hydrogens (primary N) is 1. The molecule has 1 saturated carbocycles. The van der Waals surface area contributed by atoms with Gasteiger partial charge in [0.15, 0.2) is 11.3 Å². The summed E-state index contributed by atoms with van der Waals surface area (Å²) in [5.74, 6) is 0.391. The van der Waals surface area contributed by atoms with Crippen molar-refractivity contribution in [1.82, 2.24) is 0 Å². The number of carbonyl (C=O) groups is 1. The van der Waals surface area contributed by atoms with Gasteiger partial charge in [-0.2, -0.15) is 0 Å². The molecule has 0 unspecified atom stereocenters. The molecule has 0 saturated heterocycles. The Hall–Kier alpha value is -0.860. The van der Waals surface area contributed by atoms with Gasteiger partial charge in [0.25, 0.3) is 0 Å². The fourth-order valence-corrected chi connectivity index (χ4v) is 2.56. The summed E-state index contributed by atoms with van der Waals surface area (Å²) >= 11 is 0. The van der Waals surface area contributed by atoms with Gasteiger partial charge < -0.3 is 17.7 Å². The van der Waals surface area contributed by atoms with Crippen LogP contribution in [0.1, 0.15) is 31.2 Å². The Morgan fingerprint density at radius 3 is 2.44 bits per heavy atom. The maximum atomic E-state index is 12.1. The van der Waals surface area contributed by atoms with Crippen molar-refractivity contribution in [1.29, 1.82) is 0 Å². The quantitative estimate of drug-likeness (QED) is 0.651. The number of carbonyl (C=O) groups excluding carboxylic acids is 1. The molecule has 1 aromatic rings. The van der Waals surface area contributed by atoms with E-state index < -0.39 is 0 Å². The summed E-state index contributed by atoms with van der Waals surface area (Å²) in [4.78, 5) is 12.1. The van der Waals surface area contributed by atoms with E-state index in [1.54, 1.807) is 0 Å². The van der Waals surface area contributed by atoms with Gasteiger partial charge in [-0.3, -0.25) is 4.79 Å². The van der Waals surface area contributed by atoms with Crippen LogP contribution in [0, 0.1) is 0 Å². The molecule has 3 heteroatoms. The van der Waals surface area contributed by atoms with Crippen LogP contribution in [0.2, 0.25) is 0 Å². The van der Waals surface area contributed by atoms with Crippen molar-refractivity contribution in [2.75, 3.05) is 7.05 Å². The predicted molar refractivity (Wildman–Crippen MR) is 59.4 cm³/mol. The molecule has 0 aromatic heterocycles. The average Bonchev–Trinajstić information content (AvgIpc) is 2.31. The first-order chi connectivity index (χ1) is 7.29. The van der Waals surface area contributed by atoms with Crippen LogP contribution >= 0.6 is 0 Å². The summed E-state index contributed by atoms with van der Waals surface area (Å²) in [6.45, 7) is 0. The van der Waals surface area contributed by atoms with Crippen molar-refractivity contribution in [3.63, 3.8) is 0 Å². The lowest BCUT2D eigenvalue weighted by Crippen LogP contribution is -3.00. The second kappa shape index (κ2) is 5.46. The second-order valence-corrected chi connectivity index (χ2v) is 4.26. The Bertz CT molecular complexity index is 352. The Morgan fingerprint density at radius 2 is 1.88 bits per heavy atom. The van der Waals surface area contributed by atoms with Crippen molar-refractivity contribution in [2.45, 2.75) is 31.2 Å². The van der Waals surface area contributed by atoms with Gasteiger partial charge in [0.1, 0.15) is 0 Å². The van der Waals surface area contributed by atoms with Crippen LogP contribution in [-0.4, -0.2) is 12.8 Å². The number of ketones is 1. The SMILES string of the molecule is C[NH2+][C@@]1(c2ccccc2)CCCCC1=O.[Cl-]. The lowest BCUT2D eigenvalue weighted by molar-refractivity contribution is -0.698. The third kappa shape index (κ3) is 2.13. The summed E-state index contributed by atoms with van der Waals surface area (Å²) in [6, 6.07) is 10.2. The fourth-order valence-electron chi connectivity index (χ4n) is 2.56. The Balaban J connectivity index is 0.00000128. The van der Waals surface area contributed by atoms with Crippen molar-refractivity contribution in [2.24, 2.45) is 0 Å². The van der Waals surface area contributed by atoms with Crippen LogP contribution in [0.15, 0.2) is 30.3 Å². The van der Waals surface area contributed by atoms with Gasteiger partial charge in [0.2, 0.25) is 0 Å². The van der Waals surface area contributed by atoms with Crippen molar-refractivity contribution < 1.29 is 22.5 Å². The van der Waals surface area contributed by atoms with Crippen molar-refractivity contribution in [3.8, 4) is 0 Å². The number of benzene rings is 1. The smallest absolute Gasteiger partial charge is 0.197 e. The lowest BCUT2D eigenvalue weighted by Gasteiger charge is -2.32. The van der Waals surface area contributed by atoms with Crippen molar-refractivity contribution >= 4 is 5.78 Å². The van der Waals surface area contributed by atoms with E-state index in [0.29, 0.717) is 5.78 Å². The molecule has 1 aliphatic carbocycles. The van der Waals surface area contributed by atoms with Gasteiger partial charge in [0, 0.05) is 18.4 Å². The molecule has 1 aliphatic rings. The third-order valence-electron chi connectivity index (χ3n) is 3.50. The highest BCUT2D eigenvalue weighted by atomic mass is 35.5. The minimum atomic E-state index is -0.292. The highest BCUT2D eigenvalue weighted by molar-refractivity contribution is 5.88. The number of quaternary nitrogens is 1. The number of hydrogen-bond acceptors (Lipinski definition) is 1. The van der Waals surface area contributed by atoms with Crippen LogP contribution in [0.5, 0.6) is 0 Å². The summed E-state index contributed by atoms with van der Waals surface area (Å²) < 4.78 is 0. The topological polar surface area (TPSA) is 33.7 Å². The Kier molecular flexibility index (Phi) is 4.51. The van der Waals surface area contributed by atoms with Gasteiger partial charge in [-0.25, -0.2) is 0 Å². The van der Waals surface area contributed by atoms with Crippen LogP contribution in [0.4, 0.5) is 0 Å². The average molecular weight is 240 g/mol. The van der Waals surface area contributed by atoms with E-state index in [0.717, 1.165) is 31.2 Å². The predicted octanol–water partition coefficient (Wildman–Crippen LogP) is -1.78. The van der Waals surface area contributed by atoms with E-state index in [1.807, 2.05) is 25.2 Å². The number of hydrogen-bond donors (Lipinski definition) is 1. The van der Waals surface area contributed by atoms with E-state index >= 15 is 0 Å². The first-order valence-electron chi connectivity index (χ1n) is 5.69. The molecular formula is C13H18ClNO. The molecule has 0 amide bonds. The van der Waals surface area contributed by atoms with E-state index in [1.165, 1.54) is 0 Å². The first kappa shape index (κ1) is 13.2. The normalized spacial score (nSPS) is 24.9. The largest absolute Gasteiger partial charge is 1.00 e. The minimum Gasteiger partial charge on any atom is -1.00 e. The van der Waals surface area contributed by atoms with Crippen LogP contribution < -0.4 is 17.7 Å². The van der Waals surface area contributed by atoms with E-state index in [4.69, 9.17) is 0 Å². The van der Waals surface area contributed by atoms with Crippen LogP contribution in [-0.2, 0) is 10.3 Å². The van der Waals surface area contributed by atoms with Gasteiger partial charge >= 0.3 is 0 Å². The zero-order valence-electron chi connectivity index (χ0n) is 9.58. The molecule has 16 heavy (non-hydrogen) atoms. The van der Waals surface area contributed by atoms with E-state index in [2.05, 4.69) is 17.4 Å². The van der Waals surface area contributed by atoms with E-state index in [-0.39, 0.29) is 17.9 Å². The molecule has 1 atom stereocenters. The van der Waals surface area contributed by atoms with Gasteiger partial charge in [-0.1, -0.05) is 30.3 Å². The minimum absolute atomic E-state index is 0. The molecule has 0 aliphatic heterocycles. The summed E-state index contributed by atoms with van der Waals surface area (Å²) in [5.41, 5.74) is 0.872. The highest BCUT2D eigenvalue weighted by Gasteiger charge is 2.43. The van der Waals surface area contributed by atoms with Gasteiger partial charge in [-0.05, 0) is 12.8 Å². The summed E-state index contributed by atoms with van der Waals surface area (Å²) in [5, 5.41) is 2.09. The summed E-state index contributed by atoms with van der Waals surface area (Å²) in [6.07, 6.45) is 3.93. The van der Waals surface area contributed by atoms with E-state index in [9.17, 15) is 4.79 Å². The van der Waals surface area contributed by atoms with Crippen LogP contribution in [0.3, 0.4) is 0 Å². The molecule has 1 aromatic carbocycles. The van der Waals surface area contributed by atoms with Gasteiger partial charge in [-0.15, -0.1) is 0 Å². The number of rotatable bonds is 2. The number of likely N-dealkylation sites (N-methyl/N-ethyl adjacent to an activating group) is 1. The highest BCUT2D eigenvalue weighted by Crippen LogP contribution is 2.30. The zero-order chi connectivity index (χ0) is 10.7. The zero-order valence-corrected chi connectivity index (χ0v) is 10.3. The Labute approximate surface area is 103 Å². The molecule has 2 N–H and O–H groups in total. The Morgan fingerprint density at radius 1 is 1.19 bits per heavy atom. The summed E-state index contributed by atoms with van der Waals surface area (Å²) in [7, 11) is 2.01. The third-order valence-corrected chi connectivity index (χ3v) is 3.50. The molecule has 0 radical (unpaired) electrons. The molecule has 2 nitrogen and oxygen atoms in total. The molecule has 1 fully saturated rings.